The second-order valence-corrected chi connectivity index (χ2v) is 7.40. The van der Waals surface area contributed by atoms with Gasteiger partial charge in [-0.15, -0.1) is 0 Å². The van der Waals surface area contributed by atoms with Crippen molar-refractivity contribution in [3.8, 4) is 5.69 Å². The Bertz CT molecular complexity index is 1140. The zero-order chi connectivity index (χ0) is 22.0. The molecule has 1 N–H and O–H groups in total. The van der Waals surface area contributed by atoms with Gasteiger partial charge in [-0.2, -0.15) is 5.10 Å². The first-order chi connectivity index (χ1) is 14.9. The van der Waals surface area contributed by atoms with Gasteiger partial charge in [0.05, 0.1) is 12.3 Å². The van der Waals surface area contributed by atoms with Gasteiger partial charge in [-0.1, -0.05) is 12.1 Å². The Labute approximate surface area is 177 Å². The maximum atomic E-state index is 13.7. The van der Waals surface area contributed by atoms with Crippen LogP contribution in [-0.4, -0.2) is 28.3 Å². The number of fused-ring (bicyclic) bond motifs is 1. The third-order valence-electron chi connectivity index (χ3n) is 5.17. The van der Waals surface area contributed by atoms with Gasteiger partial charge in [0.15, 0.2) is 17.3 Å². The largest absolute Gasteiger partial charge is 0.461 e. The summed E-state index contributed by atoms with van der Waals surface area (Å²) in [6.45, 7) is 1.61. The monoisotopic (exact) mass is 425 g/mol. The molecule has 0 spiro atoms. The summed E-state index contributed by atoms with van der Waals surface area (Å²) in [6, 6.07) is 10.8. The Kier molecular flexibility index (Phi) is 5.79. The molecule has 0 atom stereocenters. The van der Waals surface area contributed by atoms with Crippen molar-refractivity contribution < 1.29 is 23.1 Å². The first-order valence-electron chi connectivity index (χ1n) is 10.0. The minimum Gasteiger partial charge on any atom is -0.461 e. The quantitative estimate of drug-likeness (QED) is 0.606. The fourth-order valence-corrected chi connectivity index (χ4v) is 3.72. The number of halogens is 2. The van der Waals surface area contributed by atoms with Crippen molar-refractivity contribution >= 4 is 17.6 Å². The minimum absolute atomic E-state index is 0.142. The predicted molar refractivity (Wildman–Crippen MR) is 110 cm³/mol. The van der Waals surface area contributed by atoms with E-state index in [0.717, 1.165) is 35.4 Å². The van der Waals surface area contributed by atoms with Crippen LogP contribution in [0, 0.1) is 11.6 Å². The molecule has 0 fully saturated rings. The standard InChI is InChI=1S/C23H21F2N3O3/c1-14(29)26-16-7-5-15(6-8-16)11-12-31-23(30)22-18-3-2-4-21(18)28(27-22)17-9-10-19(24)20(25)13-17/h5-10,13H,2-4,11-12H2,1H3,(H,26,29). The van der Waals surface area contributed by atoms with Crippen LogP contribution >= 0.6 is 0 Å². The number of ether oxygens (including phenoxy) is 1. The van der Waals surface area contributed by atoms with Crippen molar-refractivity contribution in [2.24, 2.45) is 0 Å². The van der Waals surface area contributed by atoms with Gasteiger partial charge in [0.25, 0.3) is 0 Å². The lowest BCUT2D eigenvalue weighted by atomic mass is 10.1. The molecule has 31 heavy (non-hydrogen) atoms. The van der Waals surface area contributed by atoms with Crippen molar-refractivity contribution in [3.63, 3.8) is 0 Å². The number of aromatic nitrogens is 2. The zero-order valence-corrected chi connectivity index (χ0v) is 17.0. The molecule has 1 heterocycles. The van der Waals surface area contributed by atoms with E-state index >= 15 is 0 Å². The summed E-state index contributed by atoms with van der Waals surface area (Å²) in [5.41, 5.74) is 3.88. The molecule has 0 radical (unpaired) electrons. The summed E-state index contributed by atoms with van der Waals surface area (Å²) in [5.74, 6) is -2.57. The zero-order valence-electron chi connectivity index (χ0n) is 17.0. The second-order valence-electron chi connectivity index (χ2n) is 7.40. The van der Waals surface area contributed by atoms with Crippen molar-refractivity contribution in [1.82, 2.24) is 9.78 Å². The number of benzene rings is 2. The summed E-state index contributed by atoms with van der Waals surface area (Å²) in [4.78, 5) is 23.7. The van der Waals surface area contributed by atoms with Gasteiger partial charge in [-0.05, 0) is 49.1 Å². The first-order valence-corrected chi connectivity index (χ1v) is 10.0. The molecule has 1 aliphatic carbocycles. The first kappa shape index (κ1) is 20.7. The third-order valence-corrected chi connectivity index (χ3v) is 5.17. The fraction of sp³-hybridized carbons (Fsp3) is 0.261. The molecule has 4 rings (SSSR count). The van der Waals surface area contributed by atoms with Crippen LogP contribution in [0.2, 0.25) is 0 Å². The molecule has 8 heteroatoms. The summed E-state index contributed by atoms with van der Waals surface area (Å²) in [5, 5.41) is 7.05. The van der Waals surface area contributed by atoms with Gasteiger partial charge in [-0.25, -0.2) is 18.3 Å². The highest BCUT2D eigenvalue weighted by Crippen LogP contribution is 2.28. The van der Waals surface area contributed by atoms with E-state index in [-0.39, 0.29) is 18.2 Å². The molecule has 0 saturated carbocycles. The lowest BCUT2D eigenvalue weighted by molar-refractivity contribution is -0.114. The number of anilines is 1. The van der Waals surface area contributed by atoms with E-state index in [1.807, 2.05) is 12.1 Å². The van der Waals surface area contributed by atoms with Gasteiger partial charge >= 0.3 is 5.97 Å². The highest BCUT2D eigenvalue weighted by Gasteiger charge is 2.28. The van der Waals surface area contributed by atoms with Crippen LogP contribution < -0.4 is 5.32 Å². The Morgan fingerprint density at radius 3 is 2.58 bits per heavy atom. The molecular weight excluding hydrogens is 404 g/mol. The van der Waals surface area contributed by atoms with Crippen LogP contribution in [-0.2, 0) is 28.8 Å². The number of amides is 1. The van der Waals surface area contributed by atoms with E-state index in [2.05, 4.69) is 10.4 Å². The van der Waals surface area contributed by atoms with Crippen LogP contribution in [0.25, 0.3) is 5.69 Å². The number of esters is 1. The lowest BCUT2D eigenvalue weighted by Gasteiger charge is -2.07. The number of hydrogen-bond donors (Lipinski definition) is 1. The van der Waals surface area contributed by atoms with Gasteiger partial charge in [0.1, 0.15) is 0 Å². The number of rotatable bonds is 6. The molecule has 6 nitrogen and oxygen atoms in total. The van der Waals surface area contributed by atoms with Crippen LogP contribution in [0.3, 0.4) is 0 Å². The van der Waals surface area contributed by atoms with E-state index in [1.165, 1.54) is 17.7 Å². The van der Waals surface area contributed by atoms with Crippen LogP contribution in [0.5, 0.6) is 0 Å². The number of hydrogen-bond acceptors (Lipinski definition) is 4. The molecule has 3 aromatic rings. The van der Waals surface area contributed by atoms with E-state index in [4.69, 9.17) is 4.74 Å². The lowest BCUT2D eigenvalue weighted by Crippen LogP contribution is -2.11. The maximum absolute atomic E-state index is 13.7. The molecule has 0 bridgehead atoms. The van der Waals surface area contributed by atoms with E-state index in [0.29, 0.717) is 30.6 Å². The van der Waals surface area contributed by atoms with Gasteiger partial charge in [-0.3, -0.25) is 4.79 Å². The SMILES string of the molecule is CC(=O)Nc1ccc(CCOC(=O)c2nn(-c3ccc(F)c(F)c3)c3c2CCC3)cc1. The number of carbonyl (C=O) groups excluding carboxylic acids is 2. The van der Waals surface area contributed by atoms with Gasteiger partial charge in [0.2, 0.25) is 5.91 Å². The average Bonchev–Trinajstić information content (AvgIpc) is 3.34. The Hall–Kier alpha value is -3.55. The fourth-order valence-electron chi connectivity index (χ4n) is 3.72. The molecule has 0 unspecified atom stereocenters. The Morgan fingerprint density at radius 1 is 1.10 bits per heavy atom. The summed E-state index contributed by atoms with van der Waals surface area (Å²) >= 11 is 0. The van der Waals surface area contributed by atoms with Crippen molar-refractivity contribution in [2.45, 2.75) is 32.6 Å². The van der Waals surface area contributed by atoms with Gasteiger partial charge in [0, 0.05) is 36.4 Å². The Morgan fingerprint density at radius 2 is 1.87 bits per heavy atom. The summed E-state index contributed by atoms with van der Waals surface area (Å²) < 4.78 is 33.9. The Balaban J connectivity index is 1.44. The molecular formula is C23H21F2N3O3. The smallest absolute Gasteiger partial charge is 0.359 e. The van der Waals surface area contributed by atoms with Crippen molar-refractivity contribution in [1.29, 1.82) is 0 Å². The molecule has 0 saturated heterocycles. The number of carbonyl (C=O) groups is 2. The molecule has 2 aromatic carbocycles. The van der Waals surface area contributed by atoms with E-state index in [9.17, 15) is 18.4 Å². The van der Waals surface area contributed by atoms with Crippen LogP contribution in [0.1, 0.15) is 40.7 Å². The number of nitrogens with zero attached hydrogens (tertiary/aromatic N) is 2. The normalized spacial score (nSPS) is 12.5. The van der Waals surface area contributed by atoms with Crippen LogP contribution in [0.15, 0.2) is 42.5 Å². The van der Waals surface area contributed by atoms with Gasteiger partial charge < -0.3 is 10.1 Å². The summed E-state index contributed by atoms with van der Waals surface area (Å²) in [6.07, 6.45) is 2.76. The molecule has 1 amide bonds. The van der Waals surface area contributed by atoms with Crippen molar-refractivity contribution in [2.75, 3.05) is 11.9 Å². The number of nitrogens with one attached hydrogen (secondary N) is 1. The molecule has 0 aliphatic heterocycles. The predicted octanol–water partition coefficient (Wildman–Crippen LogP) is 4.00. The highest BCUT2D eigenvalue weighted by atomic mass is 19.2. The van der Waals surface area contributed by atoms with Crippen molar-refractivity contribution in [3.05, 3.63) is 76.6 Å². The maximum Gasteiger partial charge on any atom is 0.359 e. The topological polar surface area (TPSA) is 73.2 Å². The van der Waals surface area contributed by atoms with Crippen LogP contribution in [0.4, 0.5) is 14.5 Å². The average molecular weight is 425 g/mol. The highest BCUT2D eigenvalue weighted by molar-refractivity contribution is 5.90. The minimum atomic E-state index is -0.964. The second kappa shape index (κ2) is 8.67. The molecule has 1 aliphatic rings. The summed E-state index contributed by atoms with van der Waals surface area (Å²) in [7, 11) is 0. The van der Waals surface area contributed by atoms with E-state index < -0.39 is 17.6 Å². The molecule has 160 valence electrons. The third kappa shape index (κ3) is 4.47. The van der Waals surface area contributed by atoms with E-state index in [1.54, 1.807) is 12.1 Å². The molecule has 1 aromatic heterocycles.